The molecule has 2 aliphatic rings. The lowest BCUT2D eigenvalue weighted by Gasteiger charge is -2.35. The third kappa shape index (κ3) is 6.86. The van der Waals surface area contributed by atoms with E-state index >= 15 is 0 Å². The van der Waals surface area contributed by atoms with Crippen LogP contribution in [0.5, 0.6) is 0 Å². The predicted octanol–water partition coefficient (Wildman–Crippen LogP) is 0.668. The number of carbonyl (C=O) groups excluding carboxylic acids is 3. The molecule has 0 spiro atoms. The summed E-state index contributed by atoms with van der Waals surface area (Å²) in [6.45, 7) is 5.70. The van der Waals surface area contributed by atoms with Crippen molar-refractivity contribution in [2.45, 2.75) is 58.0 Å². The van der Waals surface area contributed by atoms with Gasteiger partial charge in [0.05, 0.1) is 12.5 Å². The monoisotopic (exact) mass is 426 g/mol. The van der Waals surface area contributed by atoms with E-state index in [1.54, 1.807) is 11.8 Å². The number of aliphatic carboxylic acids is 1. The number of hydrogen-bond donors (Lipinski definition) is 4. The average molecular weight is 427 g/mol. The maximum atomic E-state index is 12.7. The van der Waals surface area contributed by atoms with Crippen molar-refractivity contribution in [2.75, 3.05) is 32.8 Å². The maximum absolute atomic E-state index is 12.7. The molecule has 3 amide bonds. The summed E-state index contributed by atoms with van der Waals surface area (Å²) in [4.78, 5) is 50.3. The molecular formula is C20H34N4O6. The topological polar surface area (TPSA) is 137 Å². The van der Waals surface area contributed by atoms with E-state index in [-0.39, 0.29) is 19.1 Å². The summed E-state index contributed by atoms with van der Waals surface area (Å²) in [7, 11) is 0. The van der Waals surface area contributed by atoms with Crippen LogP contribution in [0.2, 0.25) is 0 Å². The van der Waals surface area contributed by atoms with Crippen molar-refractivity contribution in [2.24, 2.45) is 11.8 Å². The highest BCUT2D eigenvalue weighted by Gasteiger charge is 2.40. The van der Waals surface area contributed by atoms with Gasteiger partial charge in [-0.3, -0.25) is 14.9 Å². The minimum absolute atomic E-state index is 0.0386. The zero-order valence-electron chi connectivity index (χ0n) is 17.9. The molecule has 2 atom stereocenters. The van der Waals surface area contributed by atoms with E-state index in [1.807, 2.05) is 0 Å². The summed E-state index contributed by atoms with van der Waals surface area (Å²) in [6, 6.07) is 0. The van der Waals surface area contributed by atoms with Crippen molar-refractivity contribution in [1.29, 1.82) is 0 Å². The molecule has 0 aliphatic carbocycles. The number of carbonyl (C=O) groups is 4. The van der Waals surface area contributed by atoms with Crippen LogP contribution < -0.4 is 16.0 Å². The van der Waals surface area contributed by atoms with Gasteiger partial charge >= 0.3 is 12.1 Å². The van der Waals surface area contributed by atoms with E-state index in [1.165, 1.54) is 6.92 Å². The van der Waals surface area contributed by atoms with Gasteiger partial charge in [0.15, 0.2) is 0 Å². The van der Waals surface area contributed by atoms with Gasteiger partial charge in [-0.2, -0.15) is 0 Å². The zero-order chi connectivity index (χ0) is 22.1. The van der Waals surface area contributed by atoms with Crippen LogP contribution in [0.15, 0.2) is 0 Å². The number of amides is 3. The van der Waals surface area contributed by atoms with E-state index in [4.69, 9.17) is 4.74 Å². The molecule has 2 fully saturated rings. The molecule has 2 aliphatic heterocycles. The van der Waals surface area contributed by atoms with Crippen LogP contribution in [0.25, 0.3) is 0 Å². The molecule has 0 bridgehead atoms. The van der Waals surface area contributed by atoms with Crippen LogP contribution in [-0.4, -0.2) is 72.3 Å². The Balaban J connectivity index is 1.89. The highest BCUT2D eigenvalue weighted by atomic mass is 16.5. The highest BCUT2D eigenvalue weighted by molar-refractivity contribution is 5.90. The average Bonchev–Trinajstić information content (AvgIpc) is 2.72. The number of likely N-dealkylation sites (tertiary alicyclic amines) is 1. The SMILES string of the molecule is CCOC(=O)N[C@](C)(NC(=O)[C@@H]1CCCN(C(=O)CCC2CCNCC2)C1)C(=O)O. The van der Waals surface area contributed by atoms with Gasteiger partial charge in [0.25, 0.3) is 0 Å². The van der Waals surface area contributed by atoms with Crippen LogP contribution in [-0.2, 0) is 19.1 Å². The third-order valence-corrected chi connectivity index (χ3v) is 5.80. The van der Waals surface area contributed by atoms with E-state index in [0.29, 0.717) is 31.7 Å². The first-order chi connectivity index (χ1) is 14.2. The predicted molar refractivity (Wildman–Crippen MR) is 108 cm³/mol. The fourth-order valence-electron chi connectivity index (χ4n) is 3.93. The Bertz CT molecular complexity index is 637. The normalized spacial score (nSPS) is 21.9. The lowest BCUT2D eigenvalue weighted by molar-refractivity contribution is -0.149. The van der Waals surface area contributed by atoms with Crippen LogP contribution in [0.4, 0.5) is 4.79 Å². The minimum atomic E-state index is -2.00. The molecule has 0 aromatic heterocycles. The van der Waals surface area contributed by atoms with E-state index in [0.717, 1.165) is 32.4 Å². The van der Waals surface area contributed by atoms with Crippen molar-refractivity contribution in [3.8, 4) is 0 Å². The molecule has 0 aromatic carbocycles. The largest absolute Gasteiger partial charge is 0.478 e. The first kappa shape index (κ1) is 23.9. The summed E-state index contributed by atoms with van der Waals surface area (Å²) in [5, 5.41) is 17.4. The Kier molecular flexibility index (Phi) is 8.88. The van der Waals surface area contributed by atoms with Gasteiger partial charge in [0.2, 0.25) is 17.5 Å². The molecule has 0 aromatic rings. The Morgan fingerprint density at radius 3 is 2.50 bits per heavy atom. The molecule has 30 heavy (non-hydrogen) atoms. The first-order valence-corrected chi connectivity index (χ1v) is 10.7. The van der Waals surface area contributed by atoms with Gasteiger partial charge < -0.3 is 25.4 Å². The molecule has 2 heterocycles. The lowest BCUT2D eigenvalue weighted by atomic mass is 9.92. The molecule has 0 radical (unpaired) electrons. The fourth-order valence-corrected chi connectivity index (χ4v) is 3.93. The van der Waals surface area contributed by atoms with Crippen molar-refractivity contribution in [3.63, 3.8) is 0 Å². The molecule has 0 unspecified atom stereocenters. The Hall–Kier alpha value is -2.36. The molecule has 170 valence electrons. The first-order valence-electron chi connectivity index (χ1n) is 10.7. The molecule has 4 N–H and O–H groups in total. The number of carboxylic acid groups (broad SMARTS) is 1. The summed E-state index contributed by atoms with van der Waals surface area (Å²) in [5.74, 6) is -1.84. The van der Waals surface area contributed by atoms with Gasteiger partial charge in [0, 0.05) is 19.5 Å². The zero-order valence-corrected chi connectivity index (χ0v) is 17.9. The van der Waals surface area contributed by atoms with Crippen molar-refractivity contribution in [3.05, 3.63) is 0 Å². The van der Waals surface area contributed by atoms with Gasteiger partial charge in [-0.25, -0.2) is 9.59 Å². The number of nitrogens with zero attached hydrogens (tertiary/aromatic N) is 1. The molecule has 10 nitrogen and oxygen atoms in total. The number of rotatable bonds is 8. The quantitative estimate of drug-likeness (QED) is 0.419. The second kappa shape index (κ2) is 11.1. The standard InChI is InChI=1S/C20H34N4O6/c1-3-30-19(29)23-20(2,18(27)28)22-17(26)15-5-4-12-24(13-15)16(25)7-6-14-8-10-21-11-9-14/h14-15,21H,3-13H2,1-2H3,(H,22,26)(H,23,29)(H,27,28)/t15-,20+/m1/s1. The lowest BCUT2D eigenvalue weighted by Crippen LogP contribution is -2.65. The molecule has 0 saturated carbocycles. The number of ether oxygens (including phenoxy) is 1. The molecule has 10 heteroatoms. The Morgan fingerprint density at radius 1 is 1.17 bits per heavy atom. The van der Waals surface area contributed by atoms with Crippen LogP contribution in [0, 0.1) is 11.8 Å². The van der Waals surface area contributed by atoms with Crippen molar-refractivity contribution < 1.29 is 29.0 Å². The summed E-state index contributed by atoms with van der Waals surface area (Å²) in [5.41, 5.74) is -2.00. The molecular weight excluding hydrogens is 392 g/mol. The maximum Gasteiger partial charge on any atom is 0.409 e. The summed E-state index contributed by atoms with van der Waals surface area (Å²) >= 11 is 0. The number of hydrogen-bond acceptors (Lipinski definition) is 6. The van der Waals surface area contributed by atoms with Crippen LogP contribution >= 0.6 is 0 Å². The summed E-state index contributed by atoms with van der Waals surface area (Å²) in [6.07, 6.45) is 3.79. The second-order valence-electron chi connectivity index (χ2n) is 8.18. The smallest absolute Gasteiger partial charge is 0.409 e. The van der Waals surface area contributed by atoms with Gasteiger partial charge in [0.1, 0.15) is 0 Å². The summed E-state index contributed by atoms with van der Waals surface area (Å²) < 4.78 is 4.72. The minimum Gasteiger partial charge on any atom is -0.478 e. The van der Waals surface area contributed by atoms with Crippen LogP contribution in [0.1, 0.15) is 52.4 Å². The van der Waals surface area contributed by atoms with Crippen LogP contribution in [0.3, 0.4) is 0 Å². The Labute approximate surface area is 177 Å². The van der Waals surface area contributed by atoms with Gasteiger partial charge in [-0.05, 0) is 65.0 Å². The van der Waals surface area contributed by atoms with E-state index in [9.17, 15) is 24.3 Å². The molecule has 2 rings (SSSR count). The van der Waals surface area contributed by atoms with Crippen molar-refractivity contribution >= 4 is 23.9 Å². The van der Waals surface area contributed by atoms with Gasteiger partial charge in [-0.15, -0.1) is 0 Å². The van der Waals surface area contributed by atoms with Crippen molar-refractivity contribution in [1.82, 2.24) is 20.9 Å². The van der Waals surface area contributed by atoms with E-state index < -0.39 is 29.6 Å². The van der Waals surface area contributed by atoms with E-state index in [2.05, 4.69) is 16.0 Å². The Morgan fingerprint density at radius 2 is 1.87 bits per heavy atom. The number of carboxylic acids is 1. The number of alkyl carbamates (subject to hydrolysis) is 1. The number of piperidine rings is 2. The third-order valence-electron chi connectivity index (χ3n) is 5.80. The molecule has 2 saturated heterocycles. The second-order valence-corrected chi connectivity index (χ2v) is 8.18. The van der Waals surface area contributed by atoms with Gasteiger partial charge in [-0.1, -0.05) is 0 Å². The highest BCUT2D eigenvalue weighted by Crippen LogP contribution is 2.22. The number of nitrogens with one attached hydrogen (secondary N) is 3. The fraction of sp³-hybridized carbons (Fsp3) is 0.800.